The van der Waals surface area contributed by atoms with Crippen LogP contribution in [0.15, 0.2) is 0 Å². The van der Waals surface area contributed by atoms with Crippen LogP contribution >= 0.6 is 12.6 Å². The minimum absolute atomic E-state index is 0. The molecular formula is CH3LiO2S. The predicted octanol–water partition coefficient (Wildman–Crippen LogP) is -0.0543. The van der Waals surface area contributed by atoms with Crippen molar-refractivity contribution < 1.29 is 9.90 Å². The van der Waals surface area contributed by atoms with Gasteiger partial charge in [0.15, 0.2) is 0 Å². The Labute approximate surface area is 47.1 Å². The molecule has 0 aliphatic carbocycles. The van der Waals surface area contributed by atoms with Crippen LogP contribution < -0.4 is 0 Å². The molecule has 0 radical (unpaired) electrons. The quantitative estimate of drug-likeness (QED) is 0.320. The Balaban J connectivity index is 0. The number of hydrogen-bond acceptors (Lipinski definition) is 1. The summed E-state index contributed by atoms with van der Waals surface area (Å²) >= 11 is 2.88. The molecule has 0 unspecified atom stereocenters. The Morgan fingerprint density at radius 1 is 1.80 bits per heavy atom. The van der Waals surface area contributed by atoms with Crippen molar-refractivity contribution in [1.82, 2.24) is 0 Å². The summed E-state index contributed by atoms with van der Waals surface area (Å²) in [6, 6.07) is 0. The maximum atomic E-state index is 8.86. The molecule has 0 atom stereocenters. The van der Waals surface area contributed by atoms with Crippen molar-refractivity contribution in [3.8, 4) is 0 Å². The molecular weight excluding hydrogens is 83.0 g/mol. The molecule has 0 fully saturated rings. The van der Waals surface area contributed by atoms with Gasteiger partial charge in [0, 0.05) is 0 Å². The van der Waals surface area contributed by atoms with Crippen molar-refractivity contribution in [3.05, 3.63) is 0 Å². The molecule has 0 bridgehead atoms. The van der Waals surface area contributed by atoms with Gasteiger partial charge in [0.25, 0.3) is 0 Å². The molecule has 0 spiro atoms. The molecule has 0 aromatic heterocycles. The van der Waals surface area contributed by atoms with Crippen LogP contribution in [0.3, 0.4) is 0 Å². The summed E-state index contributed by atoms with van der Waals surface area (Å²) in [6.45, 7) is 0. The van der Waals surface area contributed by atoms with Crippen molar-refractivity contribution in [3.63, 3.8) is 0 Å². The summed E-state index contributed by atoms with van der Waals surface area (Å²) in [5.74, 6) is 0. The molecule has 5 heavy (non-hydrogen) atoms. The van der Waals surface area contributed by atoms with E-state index < -0.39 is 5.30 Å². The molecule has 0 amide bonds. The van der Waals surface area contributed by atoms with Crippen LogP contribution in [0.2, 0.25) is 0 Å². The first-order valence-corrected chi connectivity index (χ1v) is 1.10. The molecule has 26 valence electrons. The molecule has 0 saturated carbocycles. The minimum atomic E-state index is -1.14. The van der Waals surface area contributed by atoms with Gasteiger partial charge in [-0.15, -0.1) is 0 Å². The Morgan fingerprint density at radius 3 is 1.80 bits per heavy atom. The normalized spacial score (nSPS) is 5.00. The second-order valence-electron chi connectivity index (χ2n) is 0.283. The Hall–Kier alpha value is 0.417. The van der Waals surface area contributed by atoms with Gasteiger partial charge in [0.1, 0.15) is 0 Å². The van der Waals surface area contributed by atoms with Crippen molar-refractivity contribution in [2.45, 2.75) is 0 Å². The van der Waals surface area contributed by atoms with Crippen molar-refractivity contribution in [1.29, 1.82) is 0 Å². The number of carbonyl (C=O) groups is 1. The zero-order chi connectivity index (χ0) is 3.58. The fourth-order valence-corrected chi connectivity index (χ4v) is 0. The maximum absolute atomic E-state index is 8.86. The van der Waals surface area contributed by atoms with E-state index in [0.29, 0.717) is 0 Å². The molecule has 0 rings (SSSR count). The molecule has 0 saturated heterocycles. The summed E-state index contributed by atoms with van der Waals surface area (Å²) in [7, 11) is 0. The summed E-state index contributed by atoms with van der Waals surface area (Å²) in [6.07, 6.45) is 0. The first kappa shape index (κ1) is 9.05. The van der Waals surface area contributed by atoms with Crippen LogP contribution in [0.1, 0.15) is 0 Å². The molecule has 0 aliphatic heterocycles. The van der Waals surface area contributed by atoms with E-state index in [0.717, 1.165) is 0 Å². The van der Waals surface area contributed by atoms with Crippen LogP contribution in [0, 0.1) is 0 Å². The summed E-state index contributed by atoms with van der Waals surface area (Å²) < 4.78 is 0. The van der Waals surface area contributed by atoms with E-state index in [4.69, 9.17) is 9.90 Å². The Bertz CT molecular complexity index is 32.6. The second-order valence-corrected chi connectivity index (χ2v) is 0.665. The third kappa shape index (κ3) is 148. The van der Waals surface area contributed by atoms with Gasteiger partial charge in [-0.05, 0) is 0 Å². The summed E-state index contributed by atoms with van der Waals surface area (Å²) in [5, 5.41) is 6.14. The molecule has 0 aromatic rings. The third-order valence-corrected chi connectivity index (χ3v) is 0. The van der Waals surface area contributed by atoms with Crippen LogP contribution in [0.25, 0.3) is 0 Å². The zero-order valence-electron chi connectivity index (χ0n) is 1.80. The van der Waals surface area contributed by atoms with Crippen molar-refractivity contribution >= 4 is 36.8 Å². The van der Waals surface area contributed by atoms with Gasteiger partial charge in [-0.3, -0.25) is 0 Å². The molecule has 0 aliphatic rings. The predicted molar refractivity (Wildman–Crippen MR) is 24.2 cm³/mol. The first-order chi connectivity index (χ1) is 1.73. The Morgan fingerprint density at radius 2 is 1.80 bits per heavy atom. The van der Waals surface area contributed by atoms with E-state index in [2.05, 4.69) is 12.6 Å². The number of hydrogen-bond donors (Lipinski definition) is 2. The van der Waals surface area contributed by atoms with Gasteiger partial charge in [-0.2, -0.15) is 0 Å². The zero-order valence-corrected chi connectivity index (χ0v) is 2.70. The van der Waals surface area contributed by atoms with E-state index in [1.54, 1.807) is 0 Å². The van der Waals surface area contributed by atoms with Crippen LogP contribution in [0.5, 0.6) is 0 Å². The van der Waals surface area contributed by atoms with Gasteiger partial charge in [0.05, 0.1) is 0 Å². The third-order valence-electron chi connectivity index (χ3n) is 0. The Kier molecular flexibility index (Phi) is 8.00. The number of thiol groups is 1. The van der Waals surface area contributed by atoms with Gasteiger partial charge in [-0.1, -0.05) is 12.6 Å². The van der Waals surface area contributed by atoms with E-state index in [-0.39, 0.29) is 18.9 Å². The monoisotopic (exact) mass is 86.0 g/mol. The average Bonchev–Trinajstić information content (AvgIpc) is 0.811. The van der Waals surface area contributed by atoms with E-state index in [9.17, 15) is 0 Å². The summed E-state index contributed by atoms with van der Waals surface area (Å²) in [4.78, 5) is 8.86. The van der Waals surface area contributed by atoms with E-state index in [1.807, 2.05) is 0 Å². The fourth-order valence-electron chi connectivity index (χ4n) is 0. The number of carboxylic acid groups (broad SMARTS) is 1. The second kappa shape index (κ2) is 4.42. The van der Waals surface area contributed by atoms with Crippen LogP contribution in [-0.2, 0) is 0 Å². The van der Waals surface area contributed by atoms with Gasteiger partial charge < -0.3 is 5.11 Å². The topological polar surface area (TPSA) is 37.3 Å². The van der Waals surface area contributed by atoms with Gasteiger partial charge >= 0.3 is 24.2 Å². The molecule has 0 heterocycles. The van der Waals surface area contributed by atoms with Crippen molar-refractivity contribution in [2.75, 3.05) is 0 Å². The van der Waals surface area contributed by atoms with Gasteiger partial charge in [0.2, 0.25) is 0 Å². The van der Waals surface area contributed by atoms with E-state index in [1.165, 1.54) is 0 Å². The first-order valence-electron chi connectivity index (χ1n) is 0.651. The molecule has 1 N–H and O–H groups in total. The molecule has 0 aromatic carbocycles. The van der Waals surface area contributed by atoms with Crippen LogP contribution in [0.4, 0.5) is 4.79 Å². The fraction of sp³-hybridized carbons (Fsp3) is 0. The molecule has 2 nitrogen and oxygen atoms in total. The van der Waals surface area contributed by atoms with E-state index >= 15 is 0 Å². The van der Waals surface area contributed by atoms with Crippen LogP contribution in [-0.4, -0.2) is 29.3 Å². The average molecular weight is 86.0 g/mol. The molecule has 4 heteroatoms. The number of rotatable bonds is 0. The van der Waals surface area contributed by atoms with Gasteiger partial charge in [-0.25, -0.2) is 4.79 Å². The van der Waals surface area contributed by atoms with Crippen molar-refractivity contribution in [2.24, 2.45) is 0 Å². The SMILES string of the molecule is O=C(O)S.[LiH]. The summed E-state index contributed by atoms with van der Waals surface area (Å²) in [5.41, 5.74) is 0. The standard InChI is InChI=1S/CH2O2S.Li.H/c2-1(3)4;;/h4H,(H,2,3);;.